The van der Waals surface area contributed by atoms with Gasteiger partial charge in [0.1, 0.15) is 6.07 Å². The van der Waals surface area contributed by atoms with E-state index in [9.17, 15) is 10.1 Å². The molecule has 1 heterocycles. The molecule has 6 heteroatoms. The SMILES string of the molecule is CCCCCC(C)Nc1ncc(C#N)cc1[N+](=O)[O-]. The van der Waals surface area contributed by atoms with Gasteiger partial charge in [0.25, 0.3) is 0 Å². The molecule has 0 aliphatic rings. The van der Waals surface area contributed by atoms with E-state index in [1.807, 2.05) is 13.0 Å². The zero-order valence-electron chi connectivity index (χ0n) is 11.2. The van der Waals surface area contributed by atoms with Crippen LogP contribution in [0.5, 0.6) is 0 Å². The number of nitrogens with zero attached hydrogens (tertiary/aromatic N) is 3. The molecule has 0 saturated carbocycles. The van der Waals surface area contributed by atoms with E-state index < -0.39 is 4.92 Å². The van der Waals surface area contributed by atoms with Crippen molar-refractivity contribution in [2.24, 2.45) is 0 Å². The normalized spacial score (nSPS) is 11.6. The maximum atomic E-state index is 10.9. The number of aromatic nitrogens is 1. The summed E-state index contributed by atoms with van der Waals surface area (Å²) in [6, 6.07) is 3.21. The van der Waals surface area contributed by atoms with Crippen LogP contribution in [0, 0.1) is 21.4 Å². The summed E-state index contributed by atoms with van der Waals surface area (Å²) in [5.41, 5.74) is 0.0391. The standard InChI is InChI=1S/C13H18N4O2/c1-3-4-5-6-10(2)16-13-12(17(18)19)7-11(8-14)9-15-13/h7,9-10H,3-6H2,1-2H3,(H,15,16). The molecule has 19 heavy (non-hydrogen) atoms. The zero-order chi connectivity index (χ0) is 14.3. The van der Waals surface area contributed by atoms with E-state index in [-0.39, 0.29) is 23.1 Å². The minimum atomic E-state index is -0.519. The van der Waals surface area contributed by atoms with Gasteiger partial charge >= 0.3 is 5.69 Å². The fourth-order valence-corrected chi connectivity index (χ4v) is 1.77. The molecule has 1 rings (SSSR count). The molecule has 6 nitrogen and oxygen atoms in total. The van der Waals surface area contributed by atoms with Gasteiger partial charge in [-0.3, -0.25) is 10.1 Å². The number of nitro groups is 1. The Bertz CT molecular complexity index is 482. The first-order chi connectivity index (χ1) is 9.08. The molecule has 0 fully saturated rings. The number of nitriles is 1. The Hall–Kier alpha value is -2.16. The Labute approximate surface area is 112 Å². The molecule has 0 spiro atoms. The Kier molecular flexibility index (Phi) is 5.73. The van der Waals surface area contributed by atoms with Crippen LogP contribution >= 0.6 is 0 Å². The van der Waals surface area contributed by atoms with E-state index >= 15 is 0 Å². The lowest BCUT2D eigenvalue weighted by Crippen LogP contribution is -2.17. The minimum absolute atomic E-state index is 0.116. The smallest absolute Gasteiger partial charge is 0.312 e. The molecule has 0 radical (unpaired) electrons. The molecule has 0 amide bonds. The number of pyridine rings is 1. The summed E-state index contributed by atoms with van der Waals surface area (Å²) in [6.45, 7) is 4.10. The van der Waals surface area contributed by atoms with E-state index in [4.69, 9.17) is 5.26 Å². The minimum Gasteiger partial charge on any atom is -0.362 e. The van der Waals surface area contributed by atoms with Crippen molar-refractivity contribution in [2.75, 3.05) is 5.32 Å². The van der Waals surface area contributed by atoms with Crippen molar-refractivity contribution in [3.05, 3.63) is 27.9 Å². The predicted octanol–water partition coefficient (Wildman–Crippen LogP) is 3.24. The van der Waals surface area contributed by atoms with E-state index in [1.165, 1.54) is 12.3 Å². The second-order valence-corrected chi connectivity index (χ2v) is 4.50. The average Bonchev–Trinajstić information content (AvgIpc) is 2.39. The Morgan fingerprint density at radius 1 is 1.58 bits per heavy atom. The van der Waals surface area contributed by atoms with Gasteiger partial charge in [0.2, 0.25) is 5.82 Å². The third-order valence-corrected chi connectivity index (χ3v) is 2.82. The van der Waals surface area contributed by atoms with Crippen molar-refractivity contribution in [1.82, 2.24) is 4.98 Å². The maximum absolute atomic E-state index is 10.9. The number of rotatable bonds is 7. The van der Waals surface area contributed by atoms with E-state index in [1.54, 1.807) is 0 Å². The van der Waals surface area contributed by atoms with Gasteiger partial charge in [-0.15, -0.1) is 0 Å². The Balaban J connectivity index is 2.77. The molecule has 1 N–H and O–H groups in total. The largest absolute Gasteiger partial charge is 0.362 e. The van der Waals surface area contributed by atoms with Crippen molar-refractivity contribution in [3.8, 4) is 6.07 Å². The molecule has 102 valence electrons. The van der Waals surface area contributed by atoms with Crippen LogP contribution in [0.3, 0.4) is 0 Å². The molecular formula is C13H18N4O2. The van der Waals surface area contributed by atoms with Gasteiger partial charge in [0.05, 0.1) is 10.5 Å². The molecule has 0 saturated heterocycles. The van der Waals surface area contributed by atoms with Crippen LogP contribution in [0.1, 0.15) is 45.1 Å². The molecular weight excluding hydrogens is 244 g/mol. The number of hydrogen-bond acceptors (Lipinski definition) is 5. The van der Waals surface area contributed by atoms with Gasteiger partial charge in [0.15, 0.2) is 0 Å². The van der Waals surface area contributed by atoms with Crippen molar-refractivity contribution in [1.29, 1.82) is 5.26 Å². The van der Waals surface area contributed by atoms with Gasteiger partial charge in [-0.25, -0.2) is 4.98 Å². The van der Waals surface area contributed by atoms with Gasteiger partial charge in [-0.2, -0.15) is 5.26 Å². The number of nitrogens with one attached hydrogen (secondary N) is 1. The van der Waals surface area contributed by atoms with Crippen LogP contribution in [0.2, 0.25) is 0 Å². The highest BCUT2D eigenvalue weighted by molar-refractivity contribution is 5.58. The maximum Gasteiger partial charge on any atom is 0.312 e. The summed E-state index contributed by atoms with van der Waals surface area (Å²) in [4.78, 5) is 14.4. The topological polar surface area (TPSA) is 91.8 Å². The van der Waals surface area contributed by atoms with E-state index in [2.05, 4.69) is 17.2 Å². The van der Waals surface area contributed by atoms with Crippen LogP contribution in [-0.2, 0) is 0 Å². The molecule has 1 atom stereocenters. The second-order valence-electron chi connectivity index (χ2n) is 4.50. The van der Waals surface area contributed by atoms with Crippen molar-refractivity contribution >= 4 is 11.5 Å². The summed E-state index contributed by atoms with van der Waals surface area (Å²) in [6.07, 6.45) is 5.65. The quantitative estimate of drug-likeness (QED) is 0.462. The first-order valence-corrected chi connectivity index (χ1v) is 6.39. The monoisotopic (exact) mass is 262 g/mol. The fourth-order valence-electron chi connectivity index (χ4n) is 1.77. The Morgan fingerprint density at radius 3 is 2.89 bits per heavy atom. The molecule has 1 aromatic rings. The summed E-state index contributed by atoms with van der Waals surface area (Å²) in [7, 11) is 0. The Morgan fingerprint density at radius 2 is 2.32 bits per heavy atom. The van der Waals surface area contributed by atoms with E-state index in [0.29, 0.717) is 0 Å². The summed E-state index contributed by atoms with van der Waals surface area (Å²) in [5, 5.41) is 22.7. The average molecular weight is 262 g/mol. The third kappa shape index (κ3) is 4.54. The van der Waals surface area contributed by atoms with Crippen LogP contribution in [0.25, 0.3) is 0 Å². The highest BCUT2D eigenvalue weighted by Gasteiger charge is 2.17. The van der Waals surface area contributed by atoms with E-state index in [0.717, 1.165) is 25.7 Å². The van der Waals surface area contributed by atoms with Crippen molar-refractivity contribution < 1.29 is 4.92 Å². The molecule has 0 bridgehead atoms. The molecule has 0 aliphatic carbocycles. The molecule has 0 aromatic carbocycles. The number of unbranched alkanes of at least 4 members (excludes halogenated alkanes) is 2. The summed E-state index contributed by atoms with van der Waals surface area (Å²) in [5.74, 6) is 0.230. The van der Waals surface area contributed by atoms with Gasteiger partial charge in [-0.1, -0.05) is 26.2 Å². The van der Waals surface area contributed by atoms with Gasteiger partial charge in [0, 0.05) is 18.3 Å². The highest BCUT2D eigenvalue weighted by atomic mass is 16.6. The summed E-state index contributed by atoms with van der Waals surface area (Å²) >= 11 is 0. The molecule has 0 aliphatic heterocycles. The zero-order valence-corrected chi connectivity index (χ0v) is 11.2. The van der Waals surface area contributed by atoms with Crippen molar-refractivity contribution in [3.63, 3.8) is 0 Å². The van der Waals surface area contributed by atoms with Crippen LogP contribution in [-0.4, -0.2) is 15.9 Å². The highest BCUT2D eigenvalue weighted by Crippen LogP contribution is 2.23. The number of anilines is 1. The number of hydrogen-bond donors (Lipinski definition) is 1. The predicted molar refractivity (Wildman–Crippen MR) is 72.8 cm³/mol. The fraction of sp³-hybridized carbons (Fsp3) is 0.538. The van der Waals surface area contributed by atoms with Crippen molar-refractivity contribution in [2.45, 2.75) is 45.6 Å². The first-order valence-electron chi connectivity index (χ1n) is 6.39. The lowest BCUT2D eigenvalue weighted by molar-refractivity contribution is -0.384. The summed E-state index contributed by atoms with van der Waals surface area (Å²) < 4.78 is 0. The molecule has 1 aromatic heterocycles. The lowest BCUT2D eigenvalue weighted by Gasteiger charge is -2.14. The molecule has 1 unspecified atom stereocenters. The van der Waals surface area contributed by atoms with Gasteiger partial charge < -0.3 is 5.32 Å². The second kappa shape index (κ2) is 7.31. The van der Waals surface area contributed by atoms with Crippen LogP contribution in [0.15, 0.2) is 12.3 Å². The third-order valence-electron chi connectivity index (χ3n) is 2.82. The first kappa shape index (κ1) is 14.9. The lowest BCUT2D eigenvalue weighted by atomic mass is 10.1. The van der Waals surface area contributed by atoms with Gasteiger partial charge in [-0.05, 0) is 13.3 Å². The van der Waals surface area contributed by atoms with Crippen LogP contribution < -0.4 is 5.32 Å². The van der Waals surface area contributed by atoms with Crippen LogP contribution in [0.4, 0.5) is 11.5 Å².